The Morgan fingerprint density at radius 3 is 2.81 bits per heavy atom. The molecule has 0 fully saturated rings. The third kappa shape index (κ3) is 4.38. The van der Waals surface area contributed by atoms with Crippen LogP contribution < -0.4 is 5.32 Å². The fraction of sp³-hybridized carbons (Fsp3) is 0.167. The summed E-state index contributed by atoms with van der Waals surface area (Å²) >= 11 is 6.25. The third-order valence-corrected chi connectivity index (χ3v) is 3.76. The summed E-state index contributed by atoms with van der Waals surface area (Å²) in [5.74, 6) is 0.0992. The minimum Gasteiger partial charge on any atom is -0.458 e. The zero-order valence-corrected chi connectivity index (χ0v) is 14.8. The summed E-state index contributed by atoms with van der Waals surface area (Å²) in [6.07, 6.45) is 4.60. The van der Waals surface area contributed by atoms with Crippen molar-refractivity contribution in [3.8, 4) is 5.69 Å². The number of para-hydroxylation sites is 1. The van der Waals surface area contributed by atoms with Crippen molar-refractivity contribution < 1.29 is 14.3 Å². The Hall–Kier alpha value is -2.90. The van der Waals surface area contributed by atoms with Crippen molar-refractivity contribution in [2.75, 3.05) is 25.6 Å². The molecule has 3 aromatic rings. The number of esters is 1. The van der Waals surface area contributed by atoms with E-state index in [1.54, 1.807) is 23.0 Å². The molecule has 0 spiro atoms. The number of methoxy groups -OCH3 is 1. The summed E-state index contributed by atoms with van der Waals surface area (Å²) < 4.78 is 11.5. The van der Waals surface area contributed by atoms with Gasteiger partial charge in [-0.25, -0.2) is 14.8 Å². The van der Waals surface area contributed by atoms with Crippen LogP contribution in [0.3, 0.4) is 0 Å². The number of imidazole rings is 1. The first-order valence-electron chi connectivity index (χ1n) is 7.85. The number of pyridine rings is 1. The predicted molar refractivity (Wildman–Crippen MR) is 98.3 cm³/mol. The lowest BCUT2D eigenvalue weighted by Gasteiger charge is -2.09. The number of ether oxygens (including phenoxy) is 2. The zero-order valence-electron chi connectivity index (χ0n) is 14.1. The molecule has 7 nitrogen and oxygen atoms in total. The number of hydrogen-bond acceptors (Lipinski definition) is 6. The molecule has 0 saturated heterocycles. The number of hydrogen-bond donors (Lipinski definition) is 1. The van der Waals surface area contributed by atoms with Crippen LogP contribution in [0.1, 0.15) is 10.5 Å². The van der Waals surface area contributed by atoms with Gasteiger partial charge in [0.05, 0.1) is 23.5 Å². The molecule has 0 unspecified atom stereocenters. The van der Waals surface area contributed by atoms with Gasteiger partial charge in [0.15, 0.2) is 5.69 Å². The number of nitrogens with one attached hydrogen (secondary N) is 1. The highest BCUT2D eigenvalue weighted by Gasteiger charge is 2.13. The van der Waals surface area contributed by atoms with Crippen LogP contribution in [0.25, 0.3) is 5.69 Å². The van der Waals surface area contributed by atoms with Gasteiger partial charge in [-0.1, -0.05) is 29.8 Å². The summed E-state index contributed by atoms with van der Waals surface area (Å²) in [5.41, 5.74) is 1.73. The van der Waals surface area contributed by atoms with Crippen molar-refractivity contribution in [3.63, 3.8) is 0 Å². The minimum atomic E-state index is -0.520. The smallest absolute Gasteiger partial charge is 0.358 e. The molecule has 8 heteroatoms. The van der Waals surface area contributed by atoms with Crippen LogP contribution in [0.15, 0.2) is 55.1 Å². The largest absolute Gasteiger partial charge is 0.458 e. The van der Waals surface area contributed by atoms with Gasteiger partial charge in [-0.3, -0.25) is 0 Å². The maximum absolute atomic E-state index is 11.9. The Bertz CT molecular complexity index is 883. The highest BCUT2D eigenvalue weighted by molar-refractivity contribution is 6.32. The summed E-state index contributed by atoms with van der Waals surface area (Å²) in [6.45, 7) is 0.500. The molecule has 1 aromatic carbocycles. The first kappa shape index (κ1) is 17.9. The van der Waals surface area contributed by atoms with Gasteiger partial charge in [0.1, 0.15) is 18.8 Å². The maximum atomic E-state index is 11.9. The number of carbonyl (C=O) groups excluding carboxylic acids is 1. The number of carbonyl (C=O) groups is 1. The van der Waals surface area contributed by atoms with Crippen molar-refractivity contribution >= 4 is 29.1 Å². The van der Waals surface area contributed by atoms with Gasteiger partial charge in [0.25, 0.3) is 0 Å². The minimum absolute atomic E-state index is 0.170. The van der Waals surface area contributed by atoms with Gasteiger partial charge in [0.2, 0.25) is 0 Å². The van der Waals surface area contributed by atoms with E-state index in [-0.39, 0.29) is 12.3 Å². The zero-order chi connectivity index (χ0) is 18.4. The SMILES string of the molecule is COCCOC(=O)c1cn(-c2cc(Nc3ccccc3)ncc2Cl)cn1. The maximum Gasteiger partial charge on any atom is 0.358 e. The quantitative estimate of drug-likeness (QED) is 0.505. The van der Waals surface area contributed by atoms with Gasteiger partial charge in [-0.15, -0.1) is 0 Å². The van der Waals surface area contributed by atoms with Crippen LogP contribution >= 0.6 is 11.6 Å². The number of halogens is 1. The van der Waals surface area contributed by atoms with Crippen LogP contribution in [0.5, 0.6) is 0 Å². The van der Waals surface area contributed by atoms with E-state index in [4.69, 9.17) is 21.1 Å². The highest BCUT2D eigenvalue weighted by atomic mass is 35.5. The standard InChI is InChI=1S/C18H17ClN4O3/c1-25-7-8-26-18(24)15-11-23(12-21-15)16-9-17(20-10-14(16)19)22-13-5-3-2-4-6-13/h2-6,9-12H,7-8H2,1H3,(H,20,22). The van der Waals surface area contributed by atoms with Crippen LogP contribution in [0.4, 0.5) is 11.5 Å². The fourth-order valence-electron chi connectivity index (χ4n) is 2.22. The molecule has 0 saturated carbocycles. The predicted octanol–water partition coefficient (Wildman–Crippen LogP) is 3.47. The van der Waals surface area contributed by atoms with Crippen molar-refractivity contribution in [2.45, 2.75) is 0 Å². The topological polar surface area (TPSA) is 78.3 Å². The molecule has 0 aliphatic carbocycles. The first-order chi connectivity index (χ1) is 12.7. The van der Waals surface area contributed by atoms with E-state index in [0.29, 0.717) is 23.1 Å². The van der Waals surface area contributed by atoms with Gasteiger partial charge in [-0.2, -0.15) is 0 Å². The summed E-state index contributed by atoms with van der Waals surface area (Å²) in [4.78, 5) is 20.3. The Morgan fingerprint density at radius 1 is 1.23 bits per heavy atom. The van der Waals surface area contributed by atoms with Crippen molar-refractivity contribution in [1.82, 2.24) is 14.5 Å². The monoisotopic (exact) mass is 372 g/mol. The molecule has 0 radical (unpaired) electrons. The number of aromatic nitrogens is 3. The Kier molecular flexibility index (Phi) is 5.83. The van der Waals surface area contributed by atoms with Crippen LogP contribution in [-0.4, -0.2) is 40.8 Å². The molecule has 0 amide bonds. The van der Waals surface area contributed by atoms with Crippen molar-refractivity contribution in [1.29, 1.82) is 0 Å². The first-order valence-corrected chi connectivity index (χ1v) is 8.23. The van der Waals surface area contributed by atoms with Gasteiger partial charge >= 0.3 is 5.97 Å². The molecule has 0 atom stereocenters. The number of rotatable bonds is 7. The van der Waals surface area contributed by atoms with E-state index in [0.717, 1.165) is 5.69 Å². The number of benzene rings is 1. The summed E-state index contributed by atoms with van der Waals surface area (Å²) in [7, 11) is 1.54. The fourth-order valence-corrected chi connectivity index (χ4v) is 2.42. The van der Waals surface area contributed by atoms with Crippen LogP contribution in [0.2, 0.25) is 5.02 Å². The molecular formula is C18H17ClN4O3. The average molecular weight is 373 g/mol. The van der Waals surface area contributed by atoms with Gasteiger partial charge in [0, 0.05) is 25.1 Å². The summed E-state index contributed by atoms with van der Waals surface area (Å²) in [6, 6.07) is 11.4. The second-order valence-corrected chi connectivity index (χ2v) is 5.71. The van der Waals surface area contributed by atoms with Crippen LogP contribution in [0, 0.1) is 0 Å². The Balaban J connectivity index is 1.78. The molecule has 0 aliphatic heterocycles. The molecule has 2 aromatic heterocycles. The van der Waals surface area contributed by atoms with E-state index >= 15 is 0 Å². The van der Waals surface area contributed by atoms with Crippen LogP contribution in [-0.2, 0) is 9.47 Å². The second kappa shape index (κ2) is 8.46. The van der Waals surface area contributed by atoms with E-state index in [1.807, 2.05) is 30.3 Å². The Labute approximate surface area is 155 Å². The highest BCUT2D eigenvalue weighted by Crippen LogP contribution is 2.24. The molecular weight excluding hydrogens is 356 g/mol. The average Bonchev–Trinajstić information content (AvgIpc) is 3.14. The molecule has 2 heterocycles. The van der Waals surface area contributed by atoms with E-state index in [9.17, 15) is 4.79 Å². The van der Waals surface area contributed by atoms with E-state index in [2.05, 4.69) is 15.3 Å². The molecule has 0 aliphatic rings. The lowest BCUT2D eigenvalue weighted by Crippen LogP contribution is -2.10. The Morgan fingerprint density at radius 2 is 2.04 bits per heavy atom. The molecule has 3 rings (SSSR count). The number of anilines is 2. The lowest BCUT2D eigenvalue weighted by molar-refractivity contribution is 0.0382. The second-order valence-electron chi connectivity index (χ2n) is 5.31. The van der Waals surface area contributed by atoms with Gasteiger partial charge in [-0.05, 0) is 12.1 Å². The van der Waals surface area contributed by atoms with Crippen molar-refractivity contribution in [3.05, 3.63) is 65.8 Å². The third-order valence-electron chi connectivity index (χ3n) is 3.47. The number of nitrogens with zero attached hydrogens (tertiary/aromatic N) is 3. The molecule has 26 heavy (non-hydrogen) atoms. The molecule has 134 valence electrons. The molecule has 1 N–H and O–H groups in total. The van der Waals surface area contributed by atoms with Crippen molar-refractivity contribution in [2.24, 2.45) is 0 Å². The normalized spacial score (nSPS) is 10.5. The van der Waals surface area contributed by atoms with Gasteiger partial charge < -0.3 is 19.4 Å². The van der Waals surface area contributed by atoms with E-state index < -0.39 is 5.97 Å². The lowest BCUT2D eigenvalue weighted by atomic mass is 10.3. The summed E-state index contributed by atoms with van der Waals surface area (Å²) in [5, 5.41) is 3.63. The van der Waals surface area contributed by atoms with E-state index in [1.165, 1.54) is 13.4 Å². The molecule has 0 bridgehead atoms.